The highest BCUT2D eigenvalue weighted by Gasteiger charge is 2.40. The van der Waals surface area contributed by atoms with Crippen molar-refractivity contribution < 1.29 is 0 Å². The first-order valence-corrected chi connectivity index (χ1v) is 5.63. The van der Waals surface area contributed by atoms with Crippen molar-refractivity contribution in [2.75, 3.05) is 0 Å². The van der Waals surface area contributed by atoms with Crippen LogP contribution in [0.25, 0.3) is 0 Å². The maximum Gasteiger partial charge on any atom is 0.0666 e. The molecule has 1 fully saturated rings. The first-order chi connectivity index (χ1) is 7.13. The predicted molar refractivity (Wildman–Crippen MR) is 64.5 cm³/mol. The third-order valence-electron chi connectivity index (χ3n) is 3.23. The average molecular weight is 201 g/mol. The average Bonchev–Trinajstić information content (AvgIpc) is 2.90. The molecular formula is C14H19N. The van der Waals surface area contributed by atoms with Gasteiger partial charge in [-0.05, 0) is 33.3 Å². The van der Waals surface area contributed by atoms with Gasteiger partial charge in [0.1, 0.15) is 0 Å². The van der Waals surface area contributed by atoms with E-state index < -0.39 is 0 Å². The van der Waals surface area contributed by atoms with E-state index in [-0.39, 0.29) is 0 Å². The van der Waals surface area contributed by atoms with Crippen molar-refractivity contribution >= 4 is 0 Å². The number of nitrogens with zero attached hydrogens (tertiary/aromatic N) is 1. The number of rotatable bonds is 2. The summed E-state index contributed by atoms with van der Waals surface area (Å²) in [6, 6.07) is 11.8. The highest BCUT2D eigenvalue weighted by molar-refractivity contribution is 5.34. The molecule has 80 valence electrons. The van der Waals surface area contributed by atoms with Gasteiger partial charge in [0.2, 0.25) is 0 Å². The Morgan fingerprint density at radius 3 is 2.27 bits per heavy atom. The molecule has 1 saturated heterocycles. The molecule has 15 heavy (non-hydrogen) atoms. The lowest BCUT2D eigenvalue weighted by atomic mass is 10.1. The molecule has 0 bridgehead atoms. The Hall–Kier alpha value is -1.24. The maximum atomic E-state index is 2.49. The van der Waals surface area contributed by atoms with E-state index in [9.17, 15) is 0 Å². The quantitative estimate of drug-likeness (QED) is 0.659. The second kappa shape index (κ2) is 3.73. The fourth-order valence-electron chi connectivity index (χ4n) is 2.43. The normalized spacial score (nSPS) is 21.5. The lowest BCUT2D eigenvalue weighted by Crippen LogP contribution is -2.06. The number of hydrogen-bond donors (Lipinski definition) is 0. The molecule has 0 saturated carbocycles. The summed E-state index contributed by atoms with van der Waals surface area (Å²) < 4.78 is 0. The van der Waals surface area contributed by atoms with E-state index in [1.54, 1.807) is 0 Å². The molecule has 0 aliphatic carbocycles. The summed E-state index contributed by atoms with van der Waals surface area (Å²) in [6.07, 6.45) is 0. The van der Waals surface area contributed by atoms with Gasteiger partial charge in [-0.15, -0.1) is 0 Å². The maximum absolute atomic E-state index is 2.49. The van der Waals surface area contributed by atoms with Crippen molar-refractivity contribution in [3.63, 3.8) is 0 Å². The summed E-state index contributed by atoms with van der Waals surface area (Å²) in [4.78, 5) is 2.49. The van der Waals surface area contributed by atoms with Crippen LogP contribution in [-0.4, -0.2) is 10.9 Å². The molecule has 1 aliphatic rings. The van der Waals surface area contributed by atoms with Gasteiger partial charge in [-0.3, -0.25) is 0 Å². The van der Waals surface area contributed by atoms with Crippen LogP contribution in [0.4, 0.5) is 0 Å². The third-order valence-corrected chi connectivity index (χ3v) is 3.23. The molecule has 0 unspecified atom stereocenters. The zero-order valence-corrected chi connectivity index (χ0v) is 9.99. The van der Waals surface area contributed by atoms with Gasteiger partial charge >= 0.3 is 0 Å². The van der Waals surface area contributed by atoms with Gasteiger partial charge in [0.25, 0.3) is 0 Å². The van der Waals surface area contributed by atoms with Crippen LogP contribution < -0.4 is 0 Å². The second-order valence-electron chi connectivity index (χ2n) is 4.56. The van der Waals surface area contributed by atoms with Crippen LogP contribution in [0, 0.1) is 0 Å². The van der Waals surface area contributed by atoms with Crippen LogP contribution in [0.15, 0.2) is 41.6 Å². The molecule has 2 atom stereocenters. The minimum absolute atomic E-state index is 0.506. The Labute approximate surface area is 92.4 Å². The molecule has 1 aromatic rings. The summed E-state index contributed by atoms with van der Waals surface area (Å²) >= 11 is 0. The van der Waals surface area contributed by atoms with Crippen LogP contribution in [-0.2, 0) is 0 Å². The SMILES string of the molecule is CC(C)=C1[C@@H](C)N1[C@@H](C)c1ccccc1. The summed E-state index contributed by atoms with van der Waals surface area (Å²) in [6.45, 7) is 8.96. The van der Waals surface area contributed by atoms with Crippen LogP contribution >= 0.6 is 0 Å². The zero-order chi connectivity index (χ0) is 11.0. The molecule has 2 rings (SSSR count). The second-order valence-corrected chi connectivity index (χ2v) is 4.56. The lowest BCUT2D eigenvalue weighted by molar-refractivity contribution is 0.427. The largest absolute Gasteiger partial charge is 0.358 e. The summed E-state index contributed by atoms with van der Waals surface area (Å²) in [5.74, 6) is 0. The Morgan fingerprint density at radius 2 is 1.80 bits per heavy atom. The molecule has 0 radical (unpaired) electrons. The van der Waals surface area contributed by atoms with Crippen molar-refractivity contribution in [1.82, 2.24) is 4.90 Å². The van der Waals surface area contributed by atoms with E-state index >= 15 is 0 Å². The lowest BCUT2D eigenvalue weighted by Gasteiger charge is -2.14. The molecular weight excluding hydrogens is 182 g/mol. The van der Waals surface area contributed by atoms with E-state index in [0.29, 0.717) is 12.1 Å². The standard InChI is InChI=1S/C14H19N/c1-10(2)14-12(4)15(14)11(3)13-8-6-5-7-9-13/h5-9,11-12H,1-4H3/t11-,12+,15?/m0/s1. The smallest absolute Gasteiger partial charge is 0.0666 e. The molecule has 1 heteroatoms. The van der Waals surface area contributed by atoms with Gasteiger partial charge in [0.15, 0.2) is 0 Å². The number of benzene rings is 1. The first kappa shape index (κ1) is 10.3. The number of hydrogen-bond acceptors (Lipinski definition) is 1. The Morgan fingerprint density at radius 1 is 1.20 bits per heavy atom. The third kappa shape index (κ3) is 1.79. The Balaban J connectivity index is 2.19. The van der Waals surface area contributed by atoms with E-state index in [0.717, 1.165) is 0 Å². The van der Waals surface area contributed by atoms with Gasteiger partial charge in [-0.2, -0.15) is 0 Å². The van der Waals surface area contributed by atoms with Crippen molar-refractivity contribution in [2.24, 2.45) is 0 Å². The molecule has 1 heterocycles. The van der Waals surface area contributed by atoms with Crippen LogP contribution in [0.1, 0.15) is 39.3 Å². The molecule has 0 aromatic heterocycles. The molecule has 1 aliphatic heterocycles. The summed E-state index contributed by atoms with van der Waals surface area (Å²) in [5.41, 5.74) is 4.37. The van der Waals surface area contributed by atoms with Gasteiger partial charge in [0.05, 0.1) is 12.1 Å². The van der Waals surface area contributed by atoms with Crippen LogP contribution in [0.5, 0.6) is 0 Å². The van der Waals surface area contributed by atoms with Gasteiger partial charge in [-0.1, -0.05) is 35.9 Å². The van der Waals surface area contributed by atoms with E-state index in [2.05, 4.69) is 62.9 Å². The molecule has 0 amide bonds. The zero-order valence-electron chi connectivity index (χ0n) is 9.99. The number of allylic oxidation sites excluding steroid dienone is 1. The van der Waals surface area contributed by atoms with Crippen molar-refractivity contribution in [2.45, 2.75) is 39.8 Å². The van der Waals surface area contributed by atoms with Crippen molar-refractivity contribution in [3.05, 3.63) is 47.2 Å². The monoisotopic (exact) mass is 201 g/mol. The first-order valence-electron chi connectivity index (χ1n) is 5.63. The Kier molecular flexibility index (Phi) is 2.56. The van der Waals surface area contributed by atoms with Crippen molar-refractivity contribution in [3.8, 4) is 0 Å². The van der Waals surface area contributed by atoms with Crippen LogP contribution in [0.3, 0.4) is 0 Å². The van der Waals surface area contributed by atoms with Gasteiger partial charge in [0, 0.05) is 5.70 Å². The van der Waals surface area contributed by atoms with E-state index in [1.807, 2.05) is 0 Å². The van der Waals surface area contributed by atoms with E-state index in [4.69, 9.17) is 0 Å². The molecule has 1 aromatic carbocycles. The van der Waals surface area contributed by atoms with Gasteiger partial charge in [-0.25, -0.2) is 0 Å². The predicted octanol–water partition coefficient (Wildman–Crippen LogP) is 3.75. The topological polar surface area (TPSA) is 3.01 Å². The fraction of sp³-hybridized carbons (Fsp3) is 0.429. The van der Waals surface area contributed by atoms with E-state index in [1.165, 1.54) is 16.8 Å². The highest BCUT2D eigenvalue weighted by Crippen LogP contribution is 2.43. The van der Waals surface area contributed by atoms with Crippen molar-refractivity contribution in [1.29, 1.82) is 0 Å². The minimum Gasteiger partial charge on any atom is -0.358 e. The highest BCUT2D eigenvalue weighted by atomic mass is 15.3. The molecule has 0 spiro atoms. The summed E-state index contributed by atoms with van der Waals surface area (Å²) in [7, 11) is 0. The Bertz CT molecular complexity index is 374. The van der Waals surface area contributed by atoms with Gasteiger partial charge < -0.3 is 4.90 Å². The minimum atomic E-state index is 0.506. The summed E-state index contributed by atoms with van der Waals surface area (Å²) in [5, 5.41) is 0. The fourth-order valence-corrected chi connectivity index (χ4v) is 2.43. The molecule has 0 N–H and O–H groups in total. The van der Waals surface area contributed by atoms with Crippen LogP contribution in [0.2, 0.25) is 0 Å². The molecule has 1 nitrogen and oxygen atoms in total.